The zero-order valence-corrected chi connectivity index (χ0v) is 12.2. The SMILES string of the molecule is O=S(=O)(NC[C@@H]1CCNC[C@H]1O)N1CCCCCC1. The second-order valence-corrected chi connectivity index (χ2v) is 7.24. The van der Waals surface area contributed by atoms with Crippen molar-refractivity contribution in [3.63, 3.8) is 0 Å². The van der Waals surface area contributed by atoms with Crippen molar-refractivity contribution < 1.29 is 13.5 Å². The second kappa shape index (κ2) is 6.99. The summed E-state index contributed by atoms with van der Waals surface area (Å²) in [7, 11) is -3.38. The van der Waals surface area contributed by atoms with Crippen molar-refractivity contribution >= 4 is 10.2 Å². The predicted molar refractivity (Wildman–Crippen MR) is 73.9 cm³/mol. The van der Waals surface area contributed by atoms with Crippen LogP contribution >= 0.6 is 0 Å². The zero-order chi connectivity index (χ0) is 13.7. The first-order valence-electron chi connectivity index (χ1n) is 7.23. The van der Waals surface area contributed by atoms with Crippen LogP contribution in [0.15, 0.2) is 0 Å². The Bertz CT molecular complexity index is 366. The van der Waals surface area contributed by atoms with Crippen LogP contribution in [0.4, 0.5) is 0 Å². The fourth-order valence-corrected chi connectivity index (χ4v) is 4.07. The van der Waals surface area contributed by atoms with E-state index in [2.05, 4.69) is 10.0 Å². The van der Waals surface area contributed by atoms with Crippen LogP contribution in [0.5, 0.6) is 0 Å². The monoisotopic (exact) mass is 291 g/mol. The lowest BCUT2D eigenvalue weighted by atomic mass is 9.96. The molecule has 0 amide bonds. The zero-order valence-electron chi connectivity index (χ0n) is 11.3. The van der Waals surface area contributed by atoms with Crippen LogP contribution in [0.1, 0.15) is 32.1 Å². The minimum Gasteiger partial charge on any atom is -0.391 e. The van der Waals surface area contributed by atoms with Gasteiger partial charge in [0, 0.05) is 32.1 Å². The molecule has 0 aliphatic carbocycles. The van der Waals surface area contributed by atoms with Crippen molar-refractivity contribution in [2.24, 2.45) is 5.92 Å². The minimum atomic E-state index is -3.38. The smallest absolute Gasteiger partial charge is 0.279 e. The first kappa shape index (κ1) is 15.2. The van der Waals surface area contributed by atoms with Crippen LogP contribution in [0.3, 0.4) is 0 Å². The van der Waals surface area contributed by atoms with Gasteiger partial charge < -0.3 is 10.4 Å². The van der Waals surface area contributed by atoms with Crippen LogP contribution in [0, 0.1) is 5.92 Å². The number of nitrogens with one attached hydrogen (secondary N) is 2. The highest BCUT2D eigenvalue weighted by Crippen LogP contribution is 2.15. The number of piperidine rings is 1. The number of hydrogen-bond acceptors (Lipinski definition) is 4. The number of aliphatic hydroxyl groups excluding tert-OH is 1. The molecule has 19 heavy (non-hydrogen) atoms. The van der Waals surface area contributed by atoms with E-state index in [1.165, 1.54) is 0 Å². The highest BCUT2D eigenvalue weighted by Gasteiger charge is 2.27. The number of nitrogens with zero attached hydrogens (tertiary/aromatic N) is 1. The molecule has 2 aliphatic rings. The van der Waals surface area contributed by atoms with E-state index >= 15 is 0 Å². The summed E-state index contributed by atoms with van der Waals surface area (Å²) in [6.07, 6.45) is 4.45. The van der Waals surface area contributed by atoms with Gasteiger partial charge in [-0.3, -0.25) is 0 Å². The van der Waals surface area contributed by atoms with E-state index in [1.54, 1.807) is 4.31 Å². The fourth-order valence-electron chi connectivity index (χ4n) is 2.72. The Labute approximate surface area is 115 Å². The summed E-state index contributed by atoms with van der Waals surface area (Å²) >= 11 is 0. The molecule has 7 heteroatoms. The molecular weight excluding hydrogens is 266 g/mol. The Balaban J connectivity index is 1.85. The third-order valence-electron chi connectivity index (χ3n) is 4.02. The Morgan fingerprint density at radius 3 is 2.53 bits per heavy atom. The van der Waals surface area contributed by atoms with Crippen LogP contribution in [-0.2, 0) is 10.2 Å². The van der Waals surface area contributed by atoms with Crippen LogP contribution in [0.25, 0.3) is 0 Å². The highest BCUT2D eigenvalue weighted by molar-refractivity contribution is 7.87. The molecule has 3 N–H and O–H groups in total. The molecule has 2 heterocycles. The maximum atomic E-state index is 12.2. The average Bonchev–Trinajstić information content (AvgIpc) is 2.67. The van der Waals surface area contributed by atoms with Crippen molar-refractivity contribution in [3.05, 3.63) is 0 Å². The maximum absolute atomic E-state index is 12.2. The van der Waals surface area contributed by atoms with Crippen molar-refractivity contribution in [3.8, 4) is 0 Å². The van der Waals surface area contributed by atoms with Gasteiger partial charge >= 0.3 is 0 Å². The Morgan fingerprint density at radius 1 is 1.21 bits per heavy atom. The lowest BCUT2D eigenvalue weighted by Gasteiger charge is -2.29. The number of rotatable bonds is 4. The van der Waals surface area contributed by atoms with Gasteiger partial charge in [0.05, 0.1) is 6.10 Å². The topological polar surface area (TPSA) is 81.7 Å². The van der Waals surface area contributed by atoms with Gasteiger partial charge in [0.25, 0.3) is 10.2 Å². The van der Waals surface area contributed by atoms with Gasteiger partial charge in [-0.05, 0) is 25.8 Å². The standard InChI is InChI=1S/C12H25N3O3S/c16-12-10-13-6-5-11(12)9-14-19(17,18)15-7-3-1-2-4-8-15/h11-14,16H,1-10H2/t11-,12+/m0/s1. The molecule has 0 bridgehead atoms. The minimum absolute atomic E-state index is 0.0167. The summed E-state index contributed by atoms with van der Waals surface area (Å²) < 4.78 is 28.6. The van der Waals surface area contributed by atoms with Crippen LogP contribution in [0.2, 0.25) is 0 Å². The molecule has 0 unspecified atom stereocenters. The fraction of sp³-hybridized carbons (Fsp3) is 1.00. The van der Waals surface area contributed by atoms with Crippen LogP contribution < -0.4 is 10.0 Å². The molecule has 0 radical (unpaired) electrons. The Morgan fingerprint density at radius 2 is 1.89 bits per heavy atom. The number of β-amino-alcohol motifs (C(OH)–C–C–N with tert-alkyl or cyclic N) is 1. The van der Waals surface area contributed by atoms with Gasteiger partial charge in [-0.15, -0.1) is 0 Å². The van der Waals surface area contributed by atoms with E-state index < -0.39 is 16.3 Å². The summed E-state index contributed by atoms with van der Waals surface area (Å²) in [5.74, 6) is 0.0167. The summed E-state index contributed by atoms with van der Waals surface area (Å²) in [5.41, 5.74) is 0. The molecule has 2 rings (SSSR count). The average molecular weight is 291 g/mol. The highest BCUT2D eigenvalue weighted by atomic mass is 32.2. The molecule has 0 saturated carbocycles. The predicted octanol–water partition coefficient (Wildman–Crippen LogP) is -0.333. The van der Waals surface area contributed by atoms with E-state index in [1.807, 2.05) is 0 Å². The molecule has 2 atom stereocenters. The van der Waals surface area contributed by atoms with E-state index in [-0.39, 0.29) is 5.92 Å². The molecular formula is C12H25N3O3S. The van der Waals surface area contributed by atoms with Crippen molar-refractivity contribution in [1.82, 2.24) is 14.3 Å². The van der Waals surface area contributed by atoms with Gasteiger partial charge in [-0.1, -0.05) is 12.8 Å². The van der Waals surface area contributed by atoms with Crippen LogP contribution in [-0.4, -0.2) is 56.7 Å². The summed E-state index contributed by atoms with van der Waals surface area (Å²) in [5, 5.41) is 12.9. The molecule has 0 aromatic heterocycles. The maximum Gasteiger partial charge on any atom is 0.279 e. The van der Waals surface area contributed by atoms with Gasteiger partial charge in [-0.2, -0.15) is 12.7 Å². The summed E-state index contributed by atoms with van der Waals surface area (Å²) in [6.45, 7) is 2.96. The second-order valence-electron chi connectivity index (χ2n) is 5.49. The van der Waals surface area contributed by atoms with Gasteiger partial charge in [0.2, 0.25) is 0 Å². The Kier molecular flexibility index (Phi) is 5.58. The first-order chi connectivity index (χ1) is 9.09. The van der Waals surface area contributed by atoms with Gasteiger partial charge in [0.1, 0.15) is 0 Å². The molecule has 6 nitrogen and oxygen atoms in total. The van der Waals surface area contributed by atoms with E-state index in [4.69, 9.17) is 0 Å². The van der Waals surface area contributed by atoms with E-state index in [9.17, 15) is 13.5 Å². The molecule has 0 spiro atoms. The molecule has 0 aromatic carbocycles. The molecule has 2 saturated heterocycles. The normalized spacial score (nSPS) is 31.0. The quantitative estimate of drug-likeness (QED) is 0.662. The molecule has 2 aliphatic heterocycles. The lowest BCUT2D eigenvalue weighted by molar-refractivity contribution is 0.0842. The number of aliphatic hydroxyl groups is 1. The third-order valence-corrected chi connectivity index (χ3v) is 5.60. The Hall–Kier alpha value is -0.210. The van der Waals surface area contributed by atoms with Crippen molar-refractivity contribution in [2.45, 2.75) is 38.2 Å². The summed E-state index contributed by atoms with van der Waals surface area (Å²) in [6, 6.07) is 0. The molecule has 2 fully saturated rings. The number of hydrogen-bond donors (Lipinski definition) is 3. The molecule has 112 valence electrons. The van der Waals surface area contributed by atoms with Gasteiger partial charge in [-0.25, -0.2) is 4.72 Å². The largest absolute Gasteiger partial charge is 0.391 e. The van der Waals surface area contributed by atoms with Crippen molar-refractivity contribution in [2.75, 3.05) is 32.7 Å². The lowest BCUT2D eigenvalue weighted by Crippen LogP contribution is -2.48. The van der Waals surface area contributed by atoms with E-state index in [0.717, 1.165) is 38.6 Å². The van der Waals surface area contributed by atoms with Gasteiger partial charge in [0.15, 0.2) is 0 Å². The van der Waals surface area contributed by atoms with Crippen molar-refractivity contribution in [1.29, 1.82) is 0 Å². The molecule has 0 aromatic rings. The first-order valence-corrected chi connectivity index (χ1v) is 8.67. The van der Waals surface area contributed by atoms with E-state index in [0.29, 0.717) is 26.2 Å². The third kappa shape index (κ3) is 4.39. The summed E-state index contributed by atoms with van der Waals surface area (Å²) in [4.78, 5) is 0.